The van der Waals surface area contributed by atoms with E-state index in [4.69, 9.17) is 11.6 Å². The summed E-state index contributed by atoms with van der Waals surface area (Å²) in [6.07, 6.45) is 0. The molecule has 3 heteroatoms. The van der Waals surface area contributed by atoms with Crippen molar-refractivity contribution >= 4 is 28.3 Å². The summed E-state index contributed by atoms with van der Waals surface area (Å²) in [5.41, 5.74) is 2.01. The summed E-state index contributed by atoms with van der Waals surface area (Å²) in [5, 5.41) is 5.08. The molecule has 15 heavy (non-hydrogen) atoms. The third-order valence-corrected chi connectivity index (χ3v) is 2.82. The maximum atomic E-state index is 6.06. The standard InChI is InChI=1S/C12H13ClN2/c1-3-14-11-7-5-9-4-6-10(13)8(2)12(9)15-11/h4-7H,3H2,1-2H3,(H,14,15). The number of hydrogen-bond acceptors (Lipinski definition) is 2. The number of anilines is 1. The summed E-state index contributed by atoms with van der Waals surface area (Å²) < 4.78 is 0. The molecule has 0 aliphatic carbocycles. The van der Waals surface area contributed by atoms with Gasteiger partial charge in [0.25, 0.3) is 0 Å². The van der Waals surface area contributed by atoms with Gasteiger partial charge >= 0.3 is 0 Å². The Hall–Kier alpha value is -1.28. The second-order valence-electron chi connectivity index (χ2n) is 3.47. The topological polar surface area (TPSA) is 24.9 Å². The Morgan fingerprint density at radius 3 is 2.73 bits per heavy atom. The van der Waals surface area contributed by atoms with Gasteiger partial charge in [0.2, 0.25) is 0 Å². The smallest absolute Gasteiger partial charge is 0.126 e. The van der Waals surface area contributed by atoms with E-state index in [0.29, 0.717) is 0 Å². The van der Waals surface area contributed by atoms with E-state index in [1.807, 2.05) is 25.1 Å². The number of pyridine rings is 1. The average Bonchev–Trinajstić information content (AvgIpc) is 2.25. The van der Waals surface area contributed by atoms with Crippen molar-refractivity contribution in [3.8, 4) is 0 Å². The van der Waals surface area contributed by atoms with E-state index in [0.717, 1.165) is 33.9 Å². The van der Waals surface area contributed by atoms with E-state index in [2.05, 4.69) is 23.3 Å². The lowest BCUT2D eigenvalue weighted by Gasteiger charge is -2.07. The molecule has 1 N–H and O–H groups in total. The number of rotatable bonds is 2. The predicted octanol–water partition coefficient (Wildman–Crippen LogP) is 3.63. The molecular formula is C12H13ClN2. The Balaban J connectivity index is 2.63. The van der Waals surface area contributed by atoms with Crippen molar-refractivity contribution < 1.29 is 0 Å². The van der Waals surface area contributed by atoms with Gasteiger partial charge in [0, 0.05) is 17.0 Å². The molecule has 1 aromatic carbocycles. The van der Waals surface area contributed by atoms with Crippen molar-refractivity contribution in [1.82, 2.24) is 4.98 Å². The highest BCUT2D eigenvalue weighted by atomic mass is 35.5. The van der Waals surface area contributed by atoms with Gasteiger partial charge in [0.05, 0.1) is 5.52 Å². The third kappa shape index (κ3) is 1.90. The van der Waals surface area contributed by atoms with Gasteiger partial charge in [-0.15, -0.1) is 0 Å². The number of fused-ring (bicyclic) bond motifs is 1. The molecule has 0 spiro atoms. The molecule has 1 heterocycles. The average molecular weight is 221 g/mol. The maximum absolute atomic E-state index is 6.06. The predicted molar refractivity (Wildman–Crippen MR) is 65.7 cm³/mol. The molecule has 0 radical (unpaired) electrons. The molecule has 0 fully saturated rings. The minimum absolute atomic E-state index is 0.767. The van der Waals surface area contributed by atoms with Crippen molar-refractivity contribution in [2.75, 3.05) is 11.9 Å². The summed E-state index contributed by atoms with van der Waals surface area (Å²) in [5.74, 6) is 0.898. The van der Waals surface area contributed by atoms with E-state index < -0.39 is 0 Å². The van der Waals surface area contributed by atoms with Gasteiger partial charge < -0.3 is 5.32 Å². The van der Waals surface area contributed by atoms with Crippen LogP contribution in [-0.4, -0.2) is 11.5 Å². The van der Waals surface area contributed by atoms with E-state index in [1.54, 1.807) is 0 Å². The van der Waals surface area contributed by atoms with Crippen LogP contribution < -0.4 is 5.32 Å². The zero-order chi connectivity index (χ0) is 10.8. The van der Waals surface area contributed by atoms with Crippen molar-refractivity contribution in [3.63, 3.8) is 0 Å². The molecule has 0 atom stereocenters. The first-order valence-corrected chi connectivity index (χ1v) is 5.40. The second kappa shape index (κ2) is 4.07. The van der Waals surface area contributed by atoms with Crippen LogP contribution in [-0.2, 0) is 0 Å². The Labute approximate surface area is 94.3 Å². The van der Waals surface area contributed by atoms with Gasteiger partial charge in [-0.1, -0.05) is 17.7 Å². The Kier molecular flexibility index (Phi) is 2.78. The van der Waals surface area contributed by atoms with Gasteiger partial charge in [-0.25, -0.2) is 4.98 Å². The van der Waals surface area contributed by atoms with Crippen molar-refractivity contribution in [2.45, 2.75) is 13.8 Å². The lowest BCUT2D eigenvalue weighted by molar-refractivity contribution is 1.17. The van der Waals surface area contributed by atoms with Crippen molar-refractivity contribution in [2.24, 2.45) is 0 Å². The SMILES string of the molecule is CCNc1ccc2ccc(Cl)c(C)c2n1. The van der Waals surface area contributed by atoms with E-state index in [9.17, 15) is 0 Å². The maximum Gasteiger partial charge on any atom is 0.126 e. The Bertz CT molecular complexity index is 494. The summed E-state index contributed by atoms with van der Waals surface area (Å²) >= 11 is 6.06. The zero-order valence-corrected chi connectivity index (χ0v) is 9.60. The van der Waals surface area contributed by atoms with Crippen LogP contribution in [0.5, 0.6) is 0 Å². The number of benzene rings is 1. The van der Waals surface area contributed by atoms with Gasteiger partial charge in [0.15, 0.2) is 0 Å². The quantitative estimate of drug-likeness (QED) is 0.836. The van der Waals surface area contributed by atoms with Gasteiger partial charge in [-0.3, -0.25) is 0 Å². The fourth-order valence-electron chi connectivity index (χ4n) is 1.59. The molecular weight excluding hydrogens is 208 g/mol. The number of aryl methyl sites for hydroxylation is 1. The summed E-state index contributed by atoms with van der Waals surface area (Å²) in [6.45, 7) is 4.92. The summed E-state index contributed by atoms with van der Waals surface area (Å²) in [6, 6.07) is 7.95. The molecule has 0 aliphatic heterocycles. The van der Waals surface area contributed by atoms with E-state index in [-0.39, 0.29) is 0 Å². The highest BCUT2D eigenvalue weighted by Gasteiger charge is 2.03. The Morgan fingerprint density at radius 1 is 1.27 bits per heavy atom. The second-order valence-corrected chi connectivity index (χ2v) is 3.88. The largest absolute Gasteiger partial charge is 0.370 e. The number of aromatic nitrogens is 1. The van der Waals surface area contributed by atoms with Crippen LogP contribution in [0.3, 0.4) is 0 Å². The van der Waals surface area contributed by atoms with E-state index >= 15 is 0 Å². The van der Waals surface area contributed by atoms with Gasteiger partial charge in [0.1, 0.15) is 5.82 Å². The van der Waals surface area contributed by atoms with Crippen LogP contribution in [0.1, 0.15) is 12.5 Å². The minimum atomic E-state index is 0.767. The molecule has 2 rings (SSSR count). The fraction of sp³-hybridized carbons (Fsp3) is 0.250. The summed E-state index contributed by atoms with van der Waals surface area (Å²) in [7, 11) is 0. The monoisotopic (exact) mass is 220 g/mol. The molecule has 0 saturated heterocycles. The fourth-order valence-corrected chi connectivity index (χ4v) is 1.74. The van der Waals surface area contributed by atoms with Crippen molar-refractivity contribution in [3.05, 3.63) is 34.9 Å². The molecule has 0 bridgehead atoms. The highest BCUT2D eigenvalue weighted by molar-refractivity contribution is 6.32. The lowest BCUT2D eigenvalue weighted by Crippen LogP contribution is -1.99. The molecule has 1 aromatic heterocycles. The van der Waals surface area contributed by atoms with Crippen LogP contribution in [0, 0.1) is 6.92 Å². The first-order valence-electron chi connectivity index (χ1n) is 5.02. The molecule has 0 saturated carbocycles. The first kappa shape index (κ1) is 10.2. The van der Waals surface area contributed by atoms with Gasteiger partial charge in [-0.05, 0) is 37.6 Å². The molecule has 78 valence electrons. The molecule has 2 aromatic rings. The molecule has 0 aliphatic rings. The van der Waals surface area contributed by atoms with Crippen LogP contribution in [0.4, 0.5) is 5.82 Å². The first-order chi connectivity index (χ1) is 7.22. The number of hydrogen-bond donors (Lipinski definition) is 1. The van der Waals surface area contributed by atoms with Crippen LogP contribution >= 0.6 is 11.6 Å². The normalized spacial score (nSPS) is 10.6. The molecule has 2 nitrogen and oxygen atoms in total. The summed E-state index contributed by atoms with van der Waals surface area (Å²) in [4.78, 5) is 4.53. The zero-order valence-electron chi connectivity index (χ0n) is 8.84. The third-order valence-electron chi connectivity index (χ3n) is 2.41. The van der Waals surface area contributed by atoms with E-state index in [1.165, 1.54) is 0 Å². The molecule has 0 unspecified atom stereocenters. The van der Waals surface area contributed by atoms with Crippen LogP contribution in [0.25, 0.3) is 10.9 Å². The Morgan fingerprint density at radius 2 is 2.00 bits per heavy atom. The number of halogens is 1. The van der Waals surface area contributed by atoms with Crippen LogP contribution in [0.15, 0.2) is 24.3 Å². The molecule has 0 amide bonds. The number of nitrogens with zero attached hydrogens (tertiary/aromatic N) is 1. The van der Waals surface area contributed by atoms with Crippen LogP contribution in [0.2, 0.25) is 5.02 Å². The van der Waals surface area contributed by atoms with Crippen molar-refractivity contribution in [1.29, 1.82) is 0 Å². The lowest BCUT2D eigenvalue weighted by atomic mass is 10.1. The minimum Gasteiger partial charge on any atom is -0.370 e. The van der Waals surface area contributed by atoms with Gasteiger partial charge in [-0.2, -0.15) is 0 Å². The highest BCUT2D eigenvalue weighted by Crippen LogP contribution is 2.24. The number of nitrogens with one attached hydrogen (secondary N) is 1.